The predicted molar refractivity (Wildman–Crippen MR) is 60.0 cm³/mol. The fourth-order valence-electron chi connectivity index (χ4n) is 1.46. The first-order valence-electron chi connectivity index (χ1n) is 5.15. The summed E-state index contributed by atoms with van der Waals surface area (Å²) in [5.74, 6) is -0.808. The number of carbonyl (C=O) groups is 1. The highest BCUT2D eigenvalue weighted by Gasteiger charge is 2.14. The lowest BCUT2D eigenvalue weighted by Crippen LogP contribution is -2.35. The van der Waals surface area contributed by atoms with Crippen LogP contribution in [0.5, 0.6) is 0 Å². The topological polar surface area (TPSA) is 49.3 Å². The van der Waals surface area contributed by atoms with Crippen LogP contribution in [0.25, 0.3) is 0 Å². The highest BCUT2D eigenvalue weighted by atomic mass is 16.4. The number of hydrogen-bond donors (Lipinski definition) is 2. The maximum absolute atomic E-state index is 10.8. The molecule has 0 aliphatic carbocycles. The minimum Gasteiger partial charge on any atom is -0.480 e. The fraction of sp³-hybridized carbons (Fsp3) is 0.417. The molecule has 0 aliphatic rings. The molecule has 82 valence electrons. The van der Waals surface area contributed by atoms with Crippen molar-refractivity contribution < 1.29 is 9.90 Å². The van der Waals surface area contributed by atoms with Gasteiger partial charge in [-0.05, 0) is 31.0 Å². The first-order valence-corrected chi connectivity index (χ1v) is 5.15. The van der Waals surface area contributed by atoms with Gasteiger partial charge in [-0.3, -0.25) is 4.79 Å². The molecule has 0 spiro atoms. The van der Waals surface area contributed by atoms with Crippen LogP contribution in [0.4, 0.5) is 0 Å². The number of hydrogen-bond acceptors (Lipinski definition) is 2. The second-order valence-corrected chi connectivity index (χ2v) is 3.55. The largest absolute Gasteiger partial charge is 0.480 e. The number of carboxylic acid groups (broad SMARTS) is 1. The zero-order valence-electron chi connectivity index (χ0n) is 9.16. The number of nitrogens with one attached hydrogen (secondary N) is 1. The minimum atomic E-state index is -0.808. The number of aliphatic carboxylic acids is 1. The average Bonchev–Trinajstić information content (AvgIpc) is 2.26. The van der Waals surface area contributed by atoms with Gasteiger partial charge in [-0.25, -0.2) is 0 Å². The van der Waals surface area contributed by atoms with E-state index in [2.05, 4.69) is 12.2 Å². The lowest BCUT2D eigenvalue weighted by Gasteiger charge is -2.11. The summed E-state index contributed by atoms with van der Waals surface area (Å²) in [6.45, 7) is 2.10. The summed E-state index contributed by atoms with van der Waals surface area (Å²) in [5, 5.41) is 11.7. The van der Waals surface area contributed by atoms with Gasteiger partial charge < -0.3 is 10.4 Å². The number of benzene rings is 1. The monoisotopic (exact) mass is 207 g/mol. The Labute approximate surface area is 90.1 Å². The fourth-order valence-corrected chi connectivity index (χ4v) is 1.46. The molecule has 15 heavy (non-hydrogen) atoms. The van der Waals surface area contributed by atoms with E-state index in [-0.39, 0.29) is 0 Å². The van der Waals surface area contributed by atoms with E-state index in [1.807, 2.05) is 24.3 Å². The van der Waals surface area contributed by atoms with Gasteiger partial charge in [0.2, 0.25) is 0 Å². The third-order valence-corrected chi connectivity index (χ3v) is 2.52. The Morgan fingerprint density at radius 2 is 1.87 bits per heavy atom. The number of aryl methyl sites for hydroxylation is 1. The Kier molecular flexibility index (Phi) is 4.31. The van der Waals surface area contributed by atoms with E-state index in [1.54, 1.807) is 7.05 Å². The molecule has 0 fully saturated rings. The normalized spacial score (nSPS) is 12.4. The summed E-state index contributed by atoms with van der Waals surface area (Å²) < 4.78 is 0. The molecule has 1 aromatic rings. The number of likely N-dealkylation sites (N-methyl/N-ethyl adjacent to an activating group) is 1. The molecule has 3 nitrogen and oxygen atoms in total. The first kappa shape index (κ1) is 11.7. The second kappa shape index (κ2) is 5.51. The van der Waals surface area contributed by atoms with Crippen LogP contribution < -0.4 is 5.32 Å². The van der Waals surface area contributed by atoms with Gasteiger partial charge in [0, 0.05) is 0 Å². The summed E-state index contributed by atoms with van der Waals surface area (Å²) in [5.41, 5.74) is 2.32. The van der Waals surface area contributed by atoms with Crippen LogP contribution in [-0.2, 0) is 17.6 Å². The van der Waals surface area contributed by atoms with Crippen molar-refractivity contribution in [2.75, 3.05) is 7.05 Å². The van der Waals surface area contributed by atoms with Crippen molar-refractivity contribution in [3.8, 4) is 0 Å². The molecule has 0 aliphatic heterocycles. The third-order valence-electron chi connectivity index (χ3n) is 2.52. The van der Waals surface area contributed by atoms with Gasteiger partial charge >= 0.3 is 5.97 Å². The molecular weight excluding hydrogens is 190 g/mol. The molecule has 1 atom stereocenters. The standard InChI is InChI=1S/C12H17NO2/c1-3-9-4-6-10(7-5-9)8-11(13-2)12(14)15/h4-7,11,13H,3,8H2,1-2H3,(H,14,15)/t11-/m0/s1. The van der Waals surface area contributed by atoms with Gasteiger partial charge in [0.05, 0.1) is 0 Å². The van der Waals surface area contributed by atoms with Crippen molar-refractivity contribution in [1.29, 1.82) is 0 Å². The van der Waals surface area contributed by atoms with E-state index in [0.29, 0.717) is 6.42 Å². The summed E-state index contributed by atoms with van der Waals surface area (Å²) in [4.78, 5) is 10.8. The Morgan fingerprint density at radius 3 is 2.27 bits per heavy atom. The number of carboxylic acids is 1. The summed E-state index contributed by atoms with van der Waals surface area (Å²) >= 11 is 0. The van der Waals surface area contributed by atoms with Crippen LogP contribution in [0.3, 0.4) is 0 Å². The molecule has 1 rings (SSSR count). The lowest BCUT2D eigenvalue weighted by atomic mass is 10.0. The van der Waals surface area contributed by atoms with Gasteiger partial charge in [0.1, 0.15) is 6.04 Å². The minimum absolute atomic E-state index is 0.502. The van der Waals surface area contributed by atoms with Crippen LogP contribution >= 0.6 is 0 Å². The SMILES string of the molecule is CCc1ccc(C[C@H](NC)C(=O)O)cc1. The Bertz CT molecular complexity index is 319. The van der Waals surface area contributed by atoms with E-state index in [1.165, 1.54) is 5.56 Å². The lowest BCUT2D eigenvalue weighted by molar-refractivity contribution is -0.139. The molecule has 0 unspecified atom stereocenters. The molecule has 2 N–H and O–H groups in total. The van der Waals surface area contributed by atoms with Crippen LogP contribution in [-0.4, -0.2) is 24.2 Å². The molecule has 1 aromatic carbocycles. The van der Waals surface area contributed by atoms with Gasteiger partial charge in [-0.1, -0.05) is 31.2 Å². The van der Waals surface area contributed by atoms with Crippen LogP contribution in [0.15, 0.2) is 24.3 Å². The van der Waals surface area contributed by atoms with Crippen LogP contribution in [0.2, 0.25) is 0 Å². The predicted octanol–water partition coefficient (Wildman–Crippen LogP) is 1.46. The first-order chi connectivity index (χ1) is 7.17. The van der Waals surface area contributed by atoms with Gasteiger partial charge in [-0.15, -0.1) is 0 Å². The highest BCUT2D eigenvalue weighted by Crippen LogP contribution is 2.07. The van der Waals surface area contributed by atoms with E-state index in [0.717, 1.165) is 12.0 Å². The second-order valence-electron chi connectivity index (χ2n) is 3.55. The smallest absolute Gasteiger partial charge is 0.321 e. The summed E-state index contributed by atoms with van der Waals surface area (Å²) in [7, 11) is 1.67. The van der Waals surface area contributed by atoms with Gasteiger partial charge in [0.25, 0.3) is 0 Å². The zero-order chi connectivity index (χ0) is 11.3. The highest BCUT2D eigenvalue weighted by molar-refractivity contribution is 5.73. The number of rotatable bonds is 5. The Morgan fingerprint density at radius 1 is 1.33 bits per heavy atom. The average molecular weight is 207 g/mol. The van der Waals surface area contributed by atoms with Crippen molar-refractivity contribution in [2.45, 2.75) is 25.8 Å². The molecule has 0 bridgehead atoms. The molecule has 3 heteroatoms. The van der Waals surface area contributed by atoms with Gasteiger partial charge in [0.15, 0.2) is 0 Å². The summed E-state index contributed by atoms with van der Waals surface area (Å²) in [6.07, 6.45) is 1.53. The van der Waals surface area contributed by atoms with E-state index in [9.17, 15) is 4.79 Å². The zero-order valence-corrected chi connectivity index (χ0v) is 9.16. The van der Waals surface area contributed by atoms with E-state index >= 15 is 0 Å². The van der Waals surface area contributed by atoms with Crippen LogP contribution in [0, 0.1) is 0 Å². The molecule has 0 radical (unpaired) electrons. The van der Waals surface area contributed by atoms with E-state index < -0.39 is 12.0 Å². The molecule has 0 heterocycles. The maximum Gasteiger partial charge on any atom is 0.321 e. The maximum atomic E-state index is 10.8. The molecule has 0 saturated carbocycles. The van der Waals surface area contributed by atoms with Crippen LogP contribution in [0.1, 0.15) is 18.1 Å². The molecule has 0 amide bonds. The van der Waals surface area contributed by atoms with Crippen molar-refractivity contribution in [3.63, 3.8) is 0 Å². The van der Waals surface area contributed by atoms with Gasteiger partial charge in [-0.2, -0.15) is 0 Å². The molecular formula is C12H17NO2. The molecule has 0 saturated heterocycles. The summed E-state index contributed by atoms with van der Waals surface area (Å²) in [6, 6.07) is 7.57. The quantitative estimate of drug-likeness (QED) is 0.768. The van der Waals surface area contributed by atoms with E-state index in [4.69, 9.17) is 5.11 Å². The third kappa shape index (κ3) is 3.36. The van der Waals surface area contributed by atoms with Crippen molar-refractivity contribution >= 4 is 5.97 Å². The van der Waals surface area contributed by atoms with Crippen molar-refractivity contribution in [3.05, 3.63) is 35.4 Å². The Balaban J connectivity index is 2.67. The van der Waals surface area contributed by atoms with Crippen molar-refractivity contribution in [1.82, 2.24) is 5.32 Å². The Hall–Kier alpha value is -1.35. The van der Waals surface area contributed by atoms with Crippen molar-refractivity contribution in [2.24, 2.45) is 0 Å². The molecule has 0 aromatic heterocycles.